The minimum atomic E-state index is -0.221. The number of nitrogens with one attached hydrogen (secondary N) is 2. The third-order valence-electron chi connectivity index (χ3n) is 3.97. The maximum atomic E-state index is 12.0. The summed E-state index contributed by atoms with van der Waals surface area (Å²) in [4.78, 5) is 12.0. The van der Waals surface area contributed by atoms with Crippen LogP contribution in [0.3, 0.4) is 0 Å². The van der Waals surface area contributed by atoms with E-state index in [4.69, 9.17) is 17.3 Å². The molecule has 0 saturated carbocycles. The van der Waals surface area contributed by atoms with Crippen molar-refractivity contribution in [1.82, 2.24) is 0 Å². The van der Waals surface area contributed by atoms with Gasteiger partial charge in [-0.05, 0) is 53.6 Å². The van der Waals surface area contributed by atoms with Crippen molar-refractivity contribution in [3.63, 3.8) is 0 Å². The fraction of sp³-hybridized carbons (Fsp3) is 0.0455. The van der Waals surface area contributed by atoms with E-state index in [0.717, 1.165) is 21.8 Å². The maximum absolute atomic E-state index is 12.0. The van der Waals surface area contributed by atoms with Gasteiger partial charge in [0.2, 0.25) is 5.91 Å². The average molecular weight is 378 g/mol. The van der Waals surface area contributed by atoms with Crippen LogP contribution in [0.4, 0.5) is 17.1 Å². The summed E-state index contributed by atoms with van der Waals surface area (Å²) in [5, 5.41) is 6.82. The van der Waals surface area contributed by atoms with Crippen molar-refractivity contribution in [2.75, 3.05) is 16.4 Å². The molecule has 5 heteroatoms. The second kappa shape index (κ2) is 8.92. The van der Waals surface area contributed by atoms with Gasteiger partial charge in [-0.2, -0.15) is 0 Å². The van der Waals surface area contributed by atoms with Crippen molar-refractivity contribution in [2.24, 2.45) is 0 Å². The highest BCUT2D eigenvalue weighted by Crippen LogP contribution is 2.17. The molecule has 4 nitrogen and oxygen atoms in total. The summed E-state index contributed by atoms with van der Waals surface area (Å²) in [7, 11) is 0. The SMILES string of the molecule is Nc1ccccc1NC(=O)/C=C/c1ccc(CNc2ccc(Cl)cc2)cc1. The van der Waals surface area contributed by atoms with Gasteiger partial charge in [-0.25, -0.2) is 0 Å². The van der Waals surface area contributed by atoms with Crippen LogP contribution in [0.15, 0.2) is 78.9 Å². The van der Waals surface area contributed by atoms with Gasteiger partial charge in [0.15, 0.2) is 0 Å². The number of nitrogen functional groups attached to an aromatic ring is 1. The van der Waals surface area contributed by atoms with Crippen molar-refractivity contribution in [2.45, 2.75) is 6.54 Å². The highest BCUT2D eigenvalue weighted by atomic mass is 35.5. The number of hydrogen-bond acceptors (Lipinski definition) is 3. The minimum Gasteiger partial charge on any atom is -0.397 e. The van der Waals surface area contributed by atoms with E-state index in [1.54, 1.807) is 18.2 Å². The lowest BCUT2D eigenvalue weighted by molar-refractivity contribution is -0.111. The standard InChI is InChI=1S/C22H20ClN3O/c23-18-10-12-19(13-11-18)25-15-17-7-5-16(6-8-17)9-14-22(27)26-21-4-2-1-3-20(21)24/h1-14,25H,15,24H2,(H,26,27)/b14-9+. The summed E-state index contributed by atoms with van der Waals surface area (Å²) in [6, 6.07) is 22.7. The molecule has 3 aromatic rings. The molecule has 3 rings (SSSR count). The summed E-state index contributed by atoms with van der Waals surface area (Å²) in [6.45, 7) is 0.708. The van der Waals surface area contributed by atoms with Crippen LogP contribution < -0.4 is 16.4 Å². The molecule has 0 aliphatic rings. The molecule has 0 spiro atoms. The Morgan fingerprint density at radius 3 is 2.37 bits per heavy atom. The first-order valence-corrected chi connectivity index (χ1v) is 8.90. The topological polar surface area (TPSA) is 67.1 Å². The summed E-state index contributed by atoms with van der Waals surface area (Å²) >= 11 is 5.88. The Labute approximate surface area is 163 Å². The van der Waals surface area contributed by atoms with Crippen LogP contribution in [0.25, 0.3) is 6.08 Å². The van der Waals surface area contributed by atoms with Gasteiger partial charge in [-0.1, -0.05) is 48.0 Å². The number of halogens is 1. The molecule has 0 radical (unpaired) electrons. The van der Waals surface area contributed by atoms with Gasteiger partial charge in [0, 0.05) is 23.3 Å². The molecular weight excluding hydrogens is 358 g/mol. The van der Waals surface area contributed by atoms with Crippen molar-refractivity contribution in [3.8, 4) is 0 Å². The lowest BCUT2D eigenvalue weighted by atomic mass is 10.1. The zero-order valence-corrected chi connectivity index (χ0v) is 15.4. The number of nitrogens with two attached hydrogens (primary N) is 1. The first-order chi connectivity index (χ1) is 13.1. The van der Waals surface area contributed by atoms with Crippen LogP contribution in [-0.4, -0.2) is 5.91 Å². The van der Waals surface area contributed by atoms with Crippen molar-refractivity contribution in [1.29, 1.82) is 0 Å². The number of rotatable bonds is 6. The van der Waals surface area contributed by atoms with Gasteiger partial charge in [0.25, 0.3) is 0 Å². The van der Waals surface area contributed by atoms with E-state index in [0.29, 0.717) is 17.9 Å². The number of amides is 1. The van der Waals surface area contributed by atoms with E-state index in [2.05, 4.69) is 10.6 Å². The number of hydrogen-bond donors (Lipinski definition) is 3. The second-order valence-electron chi connectivity index (χ2n) is 6.01. The van der Waals surface area contributed by atoms with Crippen LogP contribution in [0.5, 0.6) is 0 Å². The highest BCUT2D eigenvalue weighted by Gasteiger charge is 2.01. The van der Waals surface area contributed by atoms with Crippen LogP contribution in [0, 0.1) is 0 Å². The van der Waals surface area contributed by atoms with Crippen LogP contribution in [0.1, 0.15) is 11.1 Å². The first-order valence-electron chi connectivity index (χ1n) is 8.52. The van der Waals surface area contributed by atoms with Gasteiger partial charge in [-0.3, -0.25) is 4.79 Å². The normalized spacial score (nSPS) is 10.7. The van der Waals surface area contributed by atoms with E-state index < -0.39 is 0 Å². The van der Waals surface area contributed by atoms with E-state index in [9.17, 15) is 4.79 Å². The lowest BCUT2D eigenvalue weighted by Gasteiger charge is -2.07. The van der Waals surface area contributed by atoms with Crippen LogP contribution >= 0.6 is 11.6 Å². The van der Waals surface area contributed by atoms with Crippen molar-refractivity contribution < 1.29 is 4.79 Å². The third-order valence-corrected chi connectivity index (χ3v) is 4.22. The molecule has 0 fully saturated rings. The minimum absolute atomic E-state index is 0.221. The largest absolute Gasteiger partial charge is 0.397 e. The Balaban J connectivity index is 1.53. The number of anilines is 3. The van der Waals surface area contributed by atoms with E-state index in [-0.39, 0.29) is 5.91 Å². The summed E-state index contributed by atoms with van der Waals surface area (Å²) in [6.07, 6.45) is 3.26. The summed E-state index contributed by atoms with van der Waals surface area (Å²) in [5.41, 5.74) is 10.1. The third kappa shape index (κ3) is 5.62. The molecule has 0 aromatic heterocycles. The molecule has 27 heavy (non-hydrogen) atoms. The molecule has 0 aliphatic heterocycles. The zero-order chi connectivity index (χ0) is 19.1. The molecule has 4 N–H and O–H groups in total. The maximum Gasteiger partial charge on any atom is 0.248 e. The predicted molar refractivity (Wildman–Crippen MR) is 114 cm³/mol. The van der Waals surface area contributed by atoms with Gasteiger partial charge in [0.05, 0.1) is 11.4 Å². The van der Waals surface area contributed by atoms with Gasteiger partial charge >= 0.3 is 0 Å². The first kappa shape index (κ1) is 18.5. The molecule has 0 saturated heterocycles. The molecule has 0 atom stereocenters. The Kier molecular flexibility index (Phi) is 6.13. The molecule has 0 bridgehead atoms. The van der Waals surface area contributed by atoms with E-state index in [1.807, 2.05) is 60.7 Å². The summed E-state index contributed by atoms with van der Waals surface area (Å²) < 4.78 is 0. The molecule has 0 aliphatic carbocycles. The number of carbonyl (C=O) groups excluding carboxylic acids is 1. The Morgan fingerprint density at radius 2 is 1.67 bits per heavy atom. The molecule has 136 valence electrons. The average Bonchev–Trinajstić information content (AvgIpc) is 2.68. The molecule has 3 aromatic carbocycles. The Morgan fingerprint density at radius 1 is 0.963 bits per heavy atom. The Bertz CT molecular complexity index is 935. The Hall–Kier alpha value is -3.24. The van der Waals surface area contributed by atoms with E-state index >= 15 is 0 Å². The molecule has 0 heterocycles. The molecule has 0 unspecified atom stereocenters. The predicted octanol–water partition coefficient (Wildman–Crippen LogP) is 5.19. The van der Waals surface area contributed by atoms with Gasteiger partial charge < -0.3 is 16.4 Å². The number of benzene rings is 3. The molecule has 1 amide bonds. The van der Waals surface area contributed by atoms with Gasteiger partial charge in [-0.15, -0.1) is 0 Å². The summed E-state index contributed by atoms with van der Waals surface area (Å²) in [5.74, 6) is -0.221. The van der Waals surface area contributed by atoms with Crippen LogP contribution in [-0.2, 0) is 11.3 Å². The lowest BCUT2D eigenvalue weighted by Crippen LogP contribution is -2.09. The van der Waals surface area contributed by atoms with E-state index in [1.165, 1.54) is 6.08 Å². The smallest absolute Gasteiger partial charge is 0.248 e. The highest BCUT2D eigenvalue weighted by molar-refractivity contribution is 6.30. The monoisotopic (exact) mass is 377 g/mol. The van der Waals surface area contributed by atoms with Crippen molar-refractivity contribution >= 4 is 40.6 Å². The number of para-hydroxylation sites is 2. The van der Waals surface area contributed by atoms with Crippen molar-refractivity contribution in [3.05, 3.63) is 95.0 Å². The van der Waals surface area contributed by atoms with Gasteiger partial charge in [0.1, 0.15) is 0 Å². The molecular formula is C22H20ClN3O. The fourth-order valence-corrected chi connectivity index (χ4v) is 2.60. The second-order valence-corrected chi connectivity index (χ2v) is 6.45. The quantitative estimate of drug-likeness (QED) is 0.409. The number of carbonyl (C=O) groups is 1. The zero-order valence-electron chi connectivity index (χ0n) is 14.7. The fourth-order valence-electron chi connectivity index (χ4n) is 2.48. The van der Waals surface area contributed by atoms with Crippen LogP contribution in [0.2, 0.25) is 5.02 Å².